The molecule has 0 fully saturated rings. The first-order valence-electron chi connectivity index (χ1n) is 7.70. The van der Waals surface area contributed by atoms with Gasteiger partial charge in [-0.3, -0.25) is 9.78 Å². The Morgan fingerprint density at radius 3 is 2.31 bits per heavy atom. The highest BCUT2D eigenvalue weighted by Gasteiger charge is 2.30. The smallest absolute Gasteiger partial charge is 0.307 e. The fourth-order valence-electron chi connectivity index (χ4n) is 2.31. The molecule has 0 unspecified atom stereocenters. The predicted molar refractivity (Wildman–Crippen MR) is 91.6 cm³/mol. The van der Waals surface area contributed by atoms with Crippen LogP contribution in [0.3, 0.4) is 0 Å². The van der Waals surface area contributed by atoms with Gasteiger partial charge in [0.05, 0.1) is 11.3 Å². The van der Waals surface area contributed by atoms with Gasteiger partial charge in [0.2, 0.25) is 0 Å². The van der Waals surface area contributed by atoms with Crippen molar-refractivity contribution in [2.75, 3.05) is 5.32 Å². The van der Waals surface area contributed by atoms with E-state index in [2.05, 4.69) is 15.3 Å². The first-order chi connectivity index (χ1) is 12.3. The Labute approximate surface area is 147 Å². The molecule has 2 heterocycles. The maximum atomic E-state index is 12.5. The minimum atomic E-state index is -4.46. The van der Waals surface area contributed by atoms with E-state index < -0.39 is 17.6 Å². The first kappa shape index (κ1) is 17.6. The van der Waals surface area contributed by atoms with Crippen molar-refractivity contribution >= 4 is 11.7 Å². The van der Waals surface area contributed by atoms with E-state index >= 15 is 0 Å². The third-order valence-corrected chi connectivity index (χ3v) is 3.69. The summed E-state index contributed by atoms with van der Waals surface area (Å²) in [6.07, 6.45) is -2.07. The molecule has 0 aliphatic rings. The lowest BCUT2D eigenvalue weighted by molar-refractivity contribution is -0.137. The summed E-state index contributed by atoms with van der Waals surface area (Å²) in [6.45, 7) is 1.96. The molecule has 4 nitrogen and oxygen atoms in total. The molecule has 3 aromatic rings. The Balaban J connectivity index is 1.72. The van der Waals surface area contributed by atoms with Gasteiger partial charge in [0.1, 0.15) is 5.82 Å². The summed E-state index contributed by atoms with van der Waals surface area (Å²) < 4.78 is 37.6. The lowest BCUT2D eigenvalue weighted by Gasteiger charge is -2.08. The highest BCUT2D eigenvalue weighted by molar-refractivity contribution is 6.03. The van der Waals surface area contributed by atoms with Gasteiger partial charge in [-0.1, -0.05) is 12.1 Å². The number of hydrogen-bond donors (Lipinski definition) is 1. The van der Waals surface area contributed by atoms with Gasteiger partial charge >= 0.3 is 6.18 Å². The molecule has 0 bridgehead atoms. The zero-order chi connectivity index (χ0) is 18.7. The second-order valence-electron chi connectivity index (χ2n) is 5.68. The van der Waals surface area contributed by atoms with Gasteiger partial charge in [0.25, 0.3) is 5.91 Å². The lowest BCUT2D eigenvalue weighted by atomic mass is 10.1. The molecule has 1 aromatic carbocycles. The van der Waals surface area contributed by atoms with Crippen LogP contribution in [0.25, 0.3) is 11.3 Å². The number of alkyl halides is 3. The van der Waals surface area contributed by atoms with Crippen molar-refractivity contribution in [1.82, 2.24) is 9.97 Å². The second-order valence-corrected chi connectivity index (χ2v) is 5.68. The van der Waals surface area contributed by atoms with Gasteiger partial charge in [-0.15, -0.1) is 0 Å². The normalized spacial score (nSPS) is 11.2. The molecule has 2 aromatic heterocycles. The third-order valence-electron chi connectivity index (χ3n) is 3.69. The summed E-state index contributed by atoms with van der Waals surface area (Å²) in [5.74, 6) is -0.409. The van der Waals surface area contributed by atoms with Crippen LogP contribution in [0.1, 0.15) is 21.5 Å². The van der Waals surface area contributed by atoms with Crippen LogP contribution in [-0.2, 0) is 6.18 Å². The Hall–Kier alpha value is -3.22. The standard InChI is InChI=1S/C19H14F3N3O/c1-12-8-9-23-16(10-12)13-2-4-14(5-3-13)18(26)25-17-7-6-15(11-24-17)19(20,21)22/h2-11H,1H3,(H,24,25,26). The fraction of sp³-hybridized carbons (Fsp3) is 0.105. The molecule has 0 saturated carbocycles. The van der Waals surface area contributed by atoms with E-state index in [4.69, 9.17) is 0 Å². The lowest BCUT2D eigenvalue weighted by Crippen LogP contribution is -2.13. The highest BCUT2D eigenvalue weighted by Crippen LogP contribution is 2.29. The average Bonchev–Trinajstić information content (AvgIpc) is 2.61. The summed E-state index contributed by atoms with van der Waals surface area (Å²) in [6, 6.07) is 12.6. The number of halogens is 3. The molecule has 1 amide bonds. The summed E-state index contributed by atoms with van der Waals surface area (Å²) in [7, 11) is 0. The van der Waals surface area contributed by atoms with Crippen molar-refractivity contribution in [1.29, 1.82) is 0 Å². The largest absolute Gasteiger partial charge is 0.417 e. The number of benzene rings is 1. The van der Waals surface area contributed by atoms with Crippen LogP contribution in [0.4, 0.5) is 19.0 Å². The zero-order valence-electron chi connectivity index (χ0n) is 13.7. The van der Waals surface area contributed by atoms with Crippen LogP contribution < -0.4 is 5.32 Å². The Morgan fingerprint density at radius 1 is 1.00 bits per heavy atom. The Morgan fingerprint density at radius 2 is 1.73 bits per heavy atom. The quantitative estimate of drug-likeness (QED) is 0.738. The van der Waals surface area contributed by atoms with Crippen LogP contribution in [0.5, 0.6) is 0 Å². The fourth-order valence-corrected chi connectivity index (χ4v) is 2.31. The van der Waals surface area contributed by atoms with E-state index in [0.717, 1.165) is 29.0 Å². The maximum Gasteiger partial charge on any atom is 0.417 e. The van der Waals surface area contributed by atoms with E-state index in [1.54, 1.807) is 30.5 Å². The molecule has 0 aliphatic heterocycles. The number of amides is 1. The molecule has 26 heavy (non-hydrogen) atoms. The molecular formula is C19H14F3N3O. The molecule has 0 spiro atoms. The number of nitrogens with one attached hydrogen (secondary N) is 1. The number of aromatic nitrogens is 2. The average molecular weight is 357 g/mol. The minimum Gasteiger partial charge on any atom is -0.307 e. The van der Waals surface area contributed by atoms with Gasteiger partial charge in [0, 0.05) is 23.5 Å². The van der Waals surface area contributed by atoms with Gasteiger partial charge in [-0.25, -0.2) is 4.98 Å². The molecule has 1 N–H and O–H groups in total. The summed E-state index contributed by atoms with van der Waals surface area (Å²) in [5, 5.41) is 2.47. The molecular weight excluding hydrogens is 343 g/mol. The van der Waals surface area contributed by atoms with Crippen molar-refractivity contribution in [2.45, 2.75) is 13.1 Å². The topological polar surface area (TPSA) is 54.9 Å². The number of rotatable bonds is 3. The number of carbonyl (C=O) groups is 1. The zero-order valence-corrected chi connectivity index (χ0v) is 13.7. The van der Waals surface area contributed by atoms with Crippen LogP contribution >= 0.6 is 0 Å². The van der Waals surface area contributed by atoms with Crippen LogP contribution in [0.15, 0.2) is 60.9 Å². The van der Waals surface area contributed by atoms with Crippen molar-refractivity contribution in [3.63, 3.8) is 0 Å². The number of anilines is 1. The molecule has 0 saturated heterocycles. The maximum absolute atomic E-state index is 12.5. The molecule has 132 valence electrons. The van der Waals surface area contributed by atoms with Gasteiger partial charge in [-0.05, 0) is 48.9 Å². The van der Waals surface area contributed by atoms with E-state index in [-0.39, 0.29) is 5.82 Å². The number of pyridine rings is 2. The molecule has 0 atom stereocenters. The number of carbonyl (C=O) groups excluding carboxylic acids is 1. The van der Waals surface area contributed by atoms with E-state index in [1.807, 2.05) is 19.1 Å². The molecule has 0 aliphatic carbocycles. The third kappa shape index (κ3) is 4.05. The van der Waals surface area contributed by atoms with E-state index in [0.29, 0.717) is 11.8 Å². The second kappa shape index (κ2) is 6.95. The SMILES string of the molecule is Cc1ccnc(-c2ccc(C(=O)Nc3ccc(C(F)(F)F)cn3)cc2)c1. The van der Waals surface area contributed by atoms with Gasteiger partial charge in [0.15, 0.2) is 0 Å². The summed E-state index contributed by atoms with van der Waals surface area (Å²) in [5.41, 5.74) is 2.22. The molecule has 3 rings (SSSR count). The summed E-state index contributed by atoms with van der Waals surface area (Å²) >= 11 is 0. The van der Waals surface area contributed by atoms with Gasteiger partial charge < -0.3 is 5.32 Å². The van der Waals surface area contributed by atoms with Crippen LogP contribution in [0.2, 0.25) is 0 Å². The number of hydrogen-bond acceptors (Lipinski definition) is 3. The minimum absolute atomic E-state index is 0.0485. The molecule has 0 radical (unpaired) electrons. The number of nitrogens with zero attached hydrogens (tertiary/aromatic N) is 2. The van der Waals surface area contributed by atoms with Crippen molar-refractivity contribution < 1.29 is 18.0 Å². The van der Waals surface area contributed by atoms with Crippen molar-refractivity contribution in [3.05, 3.63) is 77.6 Å². The van der Waals surface area contributed by atoms with Crippen molar-refractivity contribution in [3.8, 4) is 11.3 Å². The van der Waals surface area contributed by atoms with Crippen molar-refractivity contribution in [2.24, 2.45) is 0 Å². The van der Waals surface area contributed by atoms with E-state index in [1.165, 1.54) is 0 Å². The Kier molecular flexibility index (Phi) is 4.71. The Bertz CT molecular complexity index is 920. The van der Waals surface area contributed by atoms with Crippen LogP contribution in [0, 0.1) is 6.92 Å². The first-order valence-corrected chi connectivity index (χ1v) is 7.70. The van der Waals surface area contributed by atoms with E-state index in [9.17, 15) is 18.0 Å². The number of aryl methyl sites for hydroxylation is 1. The molecule has 7 heteroatoms. The highest BCUT2D eigenvalue weighted by atomic mass is 19.4. The monoisotopic (exact) mass is 357 g/mol. The van der Waals surface area contributed by atoms with Gasteiger partial charge in [-0.2, -0.15) is 13.2 Å². The van der Waals surface area contributed by atoms with Crippen LogP contribution in [-0.4, -0.2) is 15.9 Å². The predicted octanol–water partition coefficient (Wildman–Crippen LogP) is 4.72. The summed E-state index contributed by atoms with van der Waals surface area (Å²) in [4.78, 5) is 20.1.